The molecule has 0 saturated carbocycles. The van der Waals surface area contributed by atoms with Gasteiger partial charge in [0.1, 0.15) is 10.4 Å². The minimum atomic E-state index is -1.13. The van der Waals surface area contributed by atoms with Crippen molar-refractivity contribution in [2.75, 3.05) is 7.11 Å². The van der Waals surface area contributed by atoms with Crippen LogP contribution in [-0.2, 0) is 20.9 Å². The second-order valence-corrected chi connectivity index (χ2v) is 8.21. The minimum absolute atomic E-state index is 0.0392. The first-order valence-corrected chi connectivity index (χ1v) is 10.0. The average Bonchev–Trinajstić information content (AvgIpc) is 3.12. The highest BCUT2D eigenvalue weighted by Crippen LogP contribution is 2.30. The summed E-state index contributed by atoms with van der Waals surface area (Å²) in [4.78, 5) is 42.0. The van der Waals surface area contributed by atoms with Crippen LogP contribution in [0.5, 0.6) is 0 Å². The summed E-state index contributed by atoms with van der Waals surface area (Å²) in [5.74, 6) is -0.886. The van der Waals surface area contributed by atoms with Crippen LogP contribution in [-0.4, -0.2) is 34.1 Å². The minimum Gasteiger partial charge on any atom is -0.467 e. The van der Waals surface area contributed by atoms with Gasteiger partial charge in [0.05, 0.1) is 18.8 Å². The van der Waals surface area contributed by atoms with Crippen LogP contribution in [0.2, 0.25) is 0 Å². The Labute approximate surface area is 172 Å². The maximum absolute atomic E-state index is 13.0. The summed E-state index contributed by atoms with van der Waals surface area (Å²) in [5, 5.41) is 5.11. The lowest BCUT2D eigenvalue weighted by molar-refractivity contribution is -0.149. The molecule has 2 heterocycles. The van der Waals surface area contributed by atoms with Gasteiger partial charge in [0.15, 0.2) is 0 Å². The zero-order valence-corrected chi connectivity index (χ0v) is 17.6. The van der Waals surface area contributed by atoms with E-state index < -0.39 is 11.5 Å². The number of aromatic nitrogens is 2. The molecule has 0 aliphatic rings. The number of nitrogens with one attached hydrogen (secondary N) is 1. The van der Waals surface area contributed by atoms with Gasteiger partial charge in [0.25, 0.3) is 5.56 Å². The fraction of sp³-hybridized carbons (Fsp3) is 0.333. The van der Waals surface area contributed by atoms with Crippen molar-refractivity contribution >= 4 is 33.4 Å². The molecule has 3 rings (SSSR count). The summed E-state index contributed by atoms with van der Waals surface area (Å²) in [5.41, 5.74) is 1.62. The van der Waals surface area contributed by atoms with E-state index in [1.807, 2.05) is 36.6 Å². The third-order valence-corrected chi connectivity index (χ3v) is 5.54. The second-order valence-electron chi connectivity index (χ2n) is 7.35. The molecule has 29 heavy (non-hydrogen) atoms. The first-order chi connectivity index (χ1) is 13.7. The Hall–Kier alpha value is -3.00. The van der Waals surface area contributed by atoms with Gasteiger partial charge in [-0.2, -0.15) is 0 Å². The van der Waals surface area contributed by atoms with Crippen molar-refractivity contribution in [2.24, 2.45) is 0 Å². The lowest BCUT2D eigenvalue weighted by Gasteiger charge is -2.23. The number of carbonyl (C=O) groups is 2. The van der Waals surface area contributed by atoms with E-state index in [1.165, 1.54) is 29.3 Å². The molecule has 7 nitrogen and oxygen atoms in total. The van der Waals surface area contributed by atoms with E-state index in [1.54, 1.807) is 13.8 Å². The third kappa shape index (κ3) is 4.37. The number of nitrogens with zero attached hydrogens (tertiary/aromatic N) is 2. The summed E-state index contributed by atoms with van der Waals surface area (Å²) in [7, 11) is 1.27. The Balaban J connectivity index is 1.82. The number of fused-ring (bicyclic) bond motifs is 1. The Morgan fingerprint density at radius 2 is 1.93 bits per heavy atom. The molecular weight excluding hydrogens is 390 g/mol. The lowest BCUT2D eigenvalue weighted by atomic mass is 10.1. The van der Waals surface area contributed by atoms with Crippen molar-refractivity contribution in [1.29, 1.82) is 0 Å². The van der Waals surface area contributed by atoms with Crippen LogP contribution in [0.4, 0.5) is 0 Å². The van der Waals surface area contributed by atoms with E-state index in [0.717, 1.165) is 16.7 Å². The van der Waals surface area contributed by atoms with Crippen LogP contribution >= 0.6 is 11.3 Å². The predicted octanol–water partition coefficient (Wildman–Crippen LogP) is 2.89. The molecule has 0 atom stereocenters. The number of methoxy groups -OCH3 is 1. The van der Waals surface area contributed by atoms with E-state index in [9.17, 15) is 14.4 Å². The number of aryl methyl sites for hydroxylation is 2. The molecule has 152 valence electrons. The van der Waals surface area contributed by atoms with Crippen molar-refractivity contribution < 1.29 is 14.3 Å². The summed E-state index contributed by atoms with van der Waals surface area (Å²) < 4.78 is 6.11. The number of benzene rings is 1. The lowest BCUT2D eigenvalue weighted by Crippen LogP contribution is -2.50. The number of hydrogen-bond acceptors (Lipinski definition) is 6. The maximum Gasteiger partial charge on any atom is 0.330 e. The van der Waals surface area contributed by atoms with E-state index >= 15 is 0 Å². The quantitative estimate of drug-likeness (QED) is 0.628. The molecule has 1 N–H and O–H groups in total. The maximum atomic E-state index is 13.0. The number of esters is 1. The van der Waals surface area contributed by atoms with Crippen LogP contribution in [0.25, 0.3) is 21.3 Å². The van der Waals surface area contributed by atoms with Gasteiger partial charge in [0, 0.05) is 23.9 Å². The second kappa shape index (κ2) is 8.16. The fourth-order valence-electron chi connectivity index (χ4n) is 3.01. The first kappa shape index (κ1) is 20.7. The molecule has 1 aromatic carbocycles. The highest BCUT2D eigenvalue weighted by molar-refractivity contribution is 7.17. The van der Waals surface area contributed by atoms with Crippen molar-refractivity contribution in [3.05, 3.63) is 51.9 Å². The molecule has 0 aliphatic carbocycles. The molecule has 3 aromatic rings. The van der Waals surface area contributed by atoms with Gasteiger partial charge in [-0.25, -0.2) is 9.78 Å². The summed E-state index contributed by atoms with van der Waals surface area (Å²) in [6.45, 7) is 5.30. The summed E-state index contributed by atoms with van der Waals surface area (Å²) in [6.07, 6.45) is 1.50. The Morgan fingerprint density at radius 3 is 2.59 bits per heavy atom. The number of amides is 1. The van der Waals surface area contributed by atoms with E-state index in [2.05, 4.69) is 15.0 Å². The van der Waals surface area contributed by atoms with Crippen LogP contribution in [0.15, 0.2) is 40.8 Å². The molecule has 0 radical (unpaired) electrons. The summed E-state index contributed by atoms with van der Waals surface area (Å²) in [6, 6.07) is 7.97. The van der Waals surface area contributed by atoms with E-state index in [0.29, 0.717) is 10.2 Å². The van der Waals surface area contributed by atoms with Crippen molar-refractivity contribution in [3.63, 3.8) is 0 Å². The molecule has 0 aliphatic heterocycles. The number of rotatable bonds is 6. The van der Waals surface area contributed by atoms with Gasteiger partial charge in [-0.15, -0.1) is 11.3 Å². The van der Waals surface area contributed by atoms with Gasteiger partial charge in [-0.1, -0.05) is 29.8 Å². The van der Waals surface area contributed by atoms with Gasteiger partial charge < -0.3 is 10.1 Å². The number of hydrogen-bond donors (Lipinski definition) is 1. The van der Waals surface area contributed by atoms with E-state index in [4.69, 9.17) is 0 Å². The normalized spacial score (nSPS) is 11.4. The van der Waals surface area contributed by atoms with Crippen molar-refractivity contribution in [2.45, 2.75) is 39.3 Å². The Bertz CT molecular complexity index is 1110. The topological polar surface area (TPSA) is 90.3 Å². The number of carbonyl (C=O) groups excluding carboxylic acids is 2. The largest absolute Gasteiger partial charge is 0.467 e. The molecule has 0 bridgehead atoms. The van der Waals surface area contributed by atoms with Crippen LogP contribution < -0.4 is 10.9 Å². The van der Waals surface area contributed by atoms with Crippen LogP contribution in [0.3, 0.4) is 0 Å². The first-order valence-electron chi connectivity index (χ1n) is 9.16. The van der Waals surface area contributed by atoms with Gasteiger partial charge in [-0.3, -0.25) is 14.2 Å². The molecule has 1 amide bonds. The fourth-order valence-corrected chi connectivity index (χ4v) is 3.92. The zero-order valence-electron chi connectivity index (χ0n) is 16.8. The smallest absolute Gasteiger partial charge is 0.330 e. The van der Waals surface area contributed by atoms with Crippen molar-refractivity contribution in [3.8, 4) is 11.1 Å². The summed E-state index contributed by atoms with van der Waals surface area (Å²) >= 11 is 1.42. The van der Waals surface area contributed by atoms with Crippen molar-refractivity contribution in [1.82, 2.24) is 14.9 Å². The Morgan fingerprint density at radius 1 is 1.24 bits per heavy atom. The monoisotopic (exact) mass is 413 g/mol. The molecule has 0 fully saturated rings. The third-order valence-electron chi connectivity index (χ3n) is 4.65. The molecule has 0 spiro atoms. The Kier molecular flexibility index (Phi) is 5.83. The van der Waals surface area contributed by atoms with E-state index in [-0.39, 0.29) is 24.4 Å². The van der Waals surface area contributed by atoms with Gasteiger partial charge >= 0.3 is 5.97 Å². The van der Waals surface area contributed by atoms with Gasteiger partial charge in [-0.05, 0) is 26.3 Å². The molecule has 0 unspecified atom stereocenters. The van der Waals surface area contributed by atoms with Crippen LogP contribution in [0.1, 0.15) is 25.8 Å². The SMILES string of the molecule is COC(=O)C(C)(C)NC(=O)CCn1cnc2scc(-c3ccc(C)cc3)c2c1=O. The van der Waals surface area contributed by atoms with Crippen LogP contribution in [0, 0.1) is 6.92 Å². The molecule has 0 saturated heterocycles. The zero-order chi connectivity index (χ0) is 21.2. The average molecular weight is 413 g/mol. The highest BCUT2D eigenvalue weighted by Gasteiger charge is 2.30. The number of ether oxygens (including phenoxy) is 1. The molecule has 2 aromatic heterocycles. The predicted molar refractivity (Wildman–Crippen MR) is 113 cm³/mol. The highest BCUT2D eigenvalue weighted by atomic mass is 32.1. The van der Waals surface area contributed by atoms with Gasteiger partial charge in [0.2, 0.25) is 5.91 Å². The standard InChI is InChI=1S/C21H23N3O4S/c1-13-5-7-14(8-6-13)15-11-29-18-17(15)19(26)24(12-22-18)10-9-16(25)23-21(2,3)20(27)28-4/h5-8,11-12H,9-10H2,1-4H3,(H,23,25). The molecule has 8 heteroatoms. The molecular formula is C21H23N3O4S. The number of thiophene rings is 1.